The molecule has 0 spiro atoms. The predicted octanol–water partition coefficient (Wildman–Crippen LogP) is 1.22. The molecule has 0 fully saturated rings. The Morgan fingerprint density at radius 1 is 1.16 bits per heavy atom. The topological polar surface area (TPSA) is 55.8 Å². The van der Waals surface area contributed by atoms with Crippen LogP contribution in [0.25, 0.3) is 0 Å². The van der Waals surface area contributed by atoms with Crippen molar-refractivity contribution in [3.8, 4) is 0 Å². The molecule has 1 atom stereocenters. The number of rotatable bonds is 6. The van der Waals surface area contributed by atoms with Crippen molar-refractivity contribution < 1.29 is 19.1 Å². The van der Waals surface area contributed by atoms with Gasteiger partial charge in [0.1, 0.15) is 6.04 Å². The van der Waals surface area contributed by atoms with Crippen molar-refractivity contribution in [3.05, 3.63) is 35.9 Å². The van der Waals surface area contributed by atoms with Crippen LogP contribution in [-0.4, -0.2) is 43.6 Å². The van der Waals surface area contributed by atoms with Gasteiger partial charge in [0.25, 0.3) is 0 Å². The van der Waals surface area contributed by atoms with E-state index >= 15 is 0 Å². The fourth-order valence-electron chi connectivity index (χ4n) is 1.70. The van der Waals surface area contributed by atoms with Gasteiger partial charge < -0.3 is 9.47 Å². The SMILES string of the molecule is COC(=O)CN(Cc1ccccc1)C(C)C(=O)OC. The van der Waals surface area contributed by atoms with Gasteiger partial charge in [-0.1, -0.05) is 30.3 Å². The van der Waals surface area contributed by atoms with Gasteiger partial charge in [0.05, 0.1) is 20.8 Å². The minimum Gasteiger partial charge on any atom is -0.468 e. The molecule has 0 aliphatic carbocycles. The van der Waals surface area contributed by atoms with Gasteiger partial charge in [-0.2, -0.15) is 0 Å². The van der Waals surface area contributed by atoms with Gasteiger partial charge in [0.15, 0.2) is 0 Å². The van der Waals surface area contributed by atoms with E-state index in [0.29, 0.717) is 6.54 Å². The molecule has 1 rings (SSSR count). The van der Waals surface area contributed by atoms with Gasteiger partial charge in [0.2, 0.25) is 0 Å². The van der Waals surface area contributed by atoms with Crippen molar-refractivity contribution in [2.24, 2.45) is 0 Å². The largest absolute Gasteiger partial charge is 0.468 e. The fraction of sp³-hybridized carbons (Fsp3) is 0.429. The minimum absolute atomic E-state index is 0.0433. The number of benzene rings is 1. The second kappa shape index (κ2) is 7.53. The molecule has 0 bridgehead atoms. The van der Waals surface area contributed by atoms with Gasteiger partial charge in [-0.25, -0.2) is 0 Å². The van der Waals surface area contributed by atoms with Crippen molar-refractivity contribution in [2.45, 2.75) is 19.5 Å². The van der Waals surface area contributed by atoms with Gasteiger partial charge in [-0.3, -0.25) is 14.5 Å². The number of methoxy groups -OCH3 is 2. The molecule has 1 unspecified atom stereocenters. The molecule has 0 saturated heterocycles. The van der Waals surface area contributed by atoms with Gasteiger partial charge in [0, 0.05) is 6.54 Å². The molecule has 5 heteroatoms. The molecule has 0 radical (unpaired) electrons. The second-order valence-corrected chi connectivity index (χ2v) is 4.17. The third-order valence-electron chi connectivity index (χ3n) is 2.88. The van der Waals surface area contributed by atoms with Crippen LogP contribution in [0.4, 0.5) is 0 Å². The molecule has 1 aromatic rings. The van der Waals surface area contributed by atoms with Crippen LogP contribution in [0.15, 0.2) is 30.3 Å². The molecule has 5 nitrogen and oxygen atoms in total. The van der Waals surface area contributed by atoms with Crippen LogP contribution in [0.2, 0.25) is 0 Å². The molecule has 0 N–H and O–H groups in total. The summed E-state index contributed by atoms with van der Waals surface area (Å²) in [4.78, 5) is 24.7. The van der Waals surface area contributed by atoms with Crippen molar-refractivity contribution in [3.63, 3.8) is 0 Å². The maximum Gasteiger partial charge on any atom is 0.322 e. The third-order valence-corrected chi connectivity index (χ3v) is 2.88. The molecule has 0 aromatic heterocycles. The van der Waals surface area contributed by atoms with Crippen molar-refractivity contribution in [1.29, 1.82) is 0 Å². The lowest BCUT2D eigenvalue weighted by Gasteiger charge is -2.26. The zero-order chi connectivity index (χ0) is 14.3. The Balaban J connectivity index is 2.80. The number of carbonyl (C=O) groups excluding carboxylic acids is 2. The standard InChI is InChI=1S/C14H19NO4/c1-11(14(17)19-3)15(10-13(16)18-2)9-12-7-5-4-6-8-12/h4-8,11H,9-10H2,1-3H3. The maximum atomic E-state index is 11.6. The first-order valence-corrected chi connectivity index (χ1v) is 6.01. The molecule has 0 aliphatic heterocycles. The average molecular weight is 265 g/mol. The molecule has 104 valence electrons. The highest BCUT2D eigenvalue weighted by Crippen LogP contribution is 2.09. The summed E-state index contributed by atoms with van der Waals surface area (Å²) in [6.07, 6.45) is 0. The number of ether oxygens (including phenoxy) is 2. The van der Waals surface area contributed by atoms with E-state index in [-0.39, 0.29) is 18.5 Å². The smallest absolute Gasteiger partial charge is 0.322 e. The van der Waals surface area contributed by atoms with Crippen molar-refractivity contribution in [2.75, 3.05) is 20.8 Å². The molecule has 0 amide bonds. The summed E-state index contributed by atoms with van der Waals surface area (Å²) in [7, 11) is 2.66. The Hall–Kier alpha value is -1.88. The monoisotopic (exact) mass is 265 g/mol. The first-order chi connectivity index (χ1) is 9.08. The summed E-state index contributed by atoms with van der Waals surface area (Å²) < 4.78 is 9.36. The summed E-state index contributed by atoms with van der Waals surface area (Å²) in [5.41, 5.74) is 1.02. The second-order valence-electron chi connectivity index (χ2n) is 4.17. The highest BCUT2D eigenvalue weighted by molar-refractivity contribution is 5.77. The van der Waals surface area contributed by atoms with E-state index in [1.807, 2.05) is 30.3 Å². The Bertz CT molecular complexity index is 419. The maximum absolute atomic E-state index is 11.6. The Morgan fingerprint density at radius 2 is 1.79 bits per heavy atom. The van der Waals surface area contributed by atoms with Crippen molar-refractivity contribution >= 4 is 11.9 Å². The van der Waals surface area contributed by atoms with E-state index in [0.717, 1.165) is 5.56 Å². The zero-order valence-corrected chi connectivity index (χ0v) is 11.5. The fourth-order valence-corrected chi connectivity index (χ4v) is 1.70. The lowest BCUT2D eigenvalue weighted by molar-refractivity contribution is -0.149. The molecule has 1 aromatic carbocycles. The molecule has 0 aliphatic rings. The van der Waals surface area contributed by atoms with Gasteiger partial charge >= 0.3 is 11.9 Å². The predicted molar refractivity (Wildman–Crippen MR) is 70.3 cm³/mol. The molecule has 19 heavy (non-hydrogen) atoms. The Kier molecular flexibility index (Phi) is 6.02. The summed E-state index contributed by atoms with van der Waals surface area (Å²) in [6.45, 7) is 2.23. The van der Waals surface area contributed by atoms with E-state index in [1.54, 1.807) is 11.8 Å². The summed E-state index contributed by atoms with van der Waals surface area (Å²) >= 11 is 0. The van der Waals surface area contributed by atoms with E-state index < -0.39 is 6.04 Å². The number of hydrogen-bond donors (Lipinski definition) is 0. The van der Waals surface area contributed by atoms with Gasteiger partial charge in [-0.05, 0) is 12.5 Å². The first-order valence-electron chi connectivity index (χ1n) is 6.01. The number of esters is 2. The van der Waals surface area contributed by atoms with Crippen LogP contribution < -0.4 is 0 Å². The van der Waals surface area contributed by atoms with E-state index in [1.165, 1.54) is 14.2 Å². The Labute approximate surface area is 113 Å². The molecular weight excluding hydrogens is 246 g/mol. The number of carbonyl (C=O) groups is 2. The summed E-state index contributed by atoms with van der Waals surface area (Å²) in [5.74, 6) is -0.758. The summed E-state index contributed by atoms with van der Waals surface area (Å²) in [5, 5.41) is 0. The van der Waals surface area contributed by atoms with E-state index in [4.69, 9.17) is 4.74 Å². The molecular formula is C14H19NO4. The van der Waals surface area contributed by atoms with Crippen LogP contribution in [0, 0.1) is 0 Å². The lowest BCUT2D eigenvalue weighted by Crippen LogP contribution is -2.42. The van der Waals surface area contributed by atoms with Gasteiger partial charge in [-0.15, -0.1) is 0 Å². The normalized spacial score (nSPS) is 12.0. The number of hydrogen-bond acceptors (Lipinski definition) is 5. The van der Waals surface area contributed by atoms with Crippen LogP contribution >= 0.6 is 0 Å². The van der Waals surface area contributed by atoms with Crippen LogP contribution in [0.1, 0.15) is 12.5 Å². The molecule has 0 saturated carbocycles. The third kappa shape index (κ3) is 4.71. The van der Waals surface area contributed by atoms with Crippen molar-refractivity contribution in [1.82, 2.24) is 4.90 Å². The van der Waals surface area contributed by atoms with Crippen LogP contribution in [0.3, 0.4) is 0 Å². The first kappa shape index (κ1) is 15.2. The average Bonchev–Trinajstić information content (AvgIpc) is 2.45. The minimum atomic E-state index is -0.510. The van der Waals surface area contributed by atoms with E-state index in [2.05, 4.69) is 4.74 Å². The number of nitrogens with zero attached hydrogens (tertiary/aromatic N) is 1. The van der Waals surface area contributed by atoms with E-state index in [9.17, 15) is 9.59 Å². The zero-order valence-electron chi connectivity index (χ0n) is 11.5. The van der Waals surface area contributed by atoms with Crippen LogP contribution in [-0.2, 0) is 25.6 Å². The Morgan fingerprint density at radius 3 is 2.32 bits per heavy atom. The quantitative estimate of drug-likeness (QED) is 0.724. The van der Waals surface area contributed by atoms with Crippen LogP contribution in [0.5, 0.6) is 0 Å². The summed E-state index contributed by atoms with van der Waals surface area (Å²) in [6, 6.07) is 9.10. The highest BCUT2D eigenvalue weighted by atomic mass is 16.5. The highest BCUT2D eigenvalue weighted by Gasteiger charge is 2.24. The lowest BCUT2D eigenvalue weighted by atomic mass is 10.2. The molecule has 0 heterocycles.